The maximum Gasteiger partial charge on any atom is 0.277 e. The van der Waals surface area contributed by atoms with Crippen LogP contribution in [0, 0.1) is 20.2 Å². The molecule has 0 unspecified atom stereocenters. The van der Waals surface area contributed by atoms with Crippen molar-refractivity contribution < 1.29 is 24.2 Å². The van der Waals surface area contributed by atoms with Crippen molar-refractivity contribution in [3.8, 4) is 0 Å². The van der Waals surface area contributed by atoms with E-state index in [4.69, 9.17) is 0 Å². The molecule has 4 aromatic rings. The Kier molecular flexibility index (Phi) is 6.62. The first-order valence-electron chi connectivity index (χ1n) is 11.6. The molecule has 3 amide bonds. The number of nitro benzene ring substituents is 2. The van der Waals surface area contributed by atoms with Gasteiger partial charge in [-0.1, -0.05) is 46.3 Å². The minimum atomic E-state index is -0.821. The molecule has 194 valence electrons. The van der Waals surface area contributed by atoms with Crippen molar-refractivity contribution in [2.45, 2.75) is 0 Å². The van der Waals surface area contributed by atoms with Crippen molar-refractivity contribution in [3.63, 3.8) is 0 Å². The van der Waals surface area contributed by atoms with E-state index < -0.39 is 38.9 Å². The molecule has 0 saturated carbocycles. The number of halogens is 1. The van der Waals surface area contributed by atoms with Gasteiger partial charge in [0, 0.05) is 51.9 Å². The summed E-state index contributed by atoms with van der Waals surface area (Å²) in [5.41, 5.74) is -0.447. The molecule has 1 aliphatic heterocycles. The third-order valence-electron chi connectivity index (χ3n) is 6.37. The number of nitro groups is 2. The maximum atomic E-state index is 13.6. The molecule has 39 heavy (non-hydrogen) atoms. The fourth-order valence-electron chi connectivity index (χ4n) is 4.55. The molecule has 1 heterocycles. The van der Waals surface area contributed by atoms with Gasteiger partial charge in [0.25, 0.3) is 29.1 Å². The van der Waals surface area contributed by atoms with Gasteiger partial charge >= 0.3 is 0 Å². The minimum absolute atomic E-state index is 0.168. The van der Waals surface area contributed by atoms with E-state index in [1.54, 1.807) is 60.7 Å². The number of hydrogen-bond donors (Lipinski definition) is 0. The van der Waals surface area contributed by atoms with Gasteiger partial charge in [-0.25, -0.2) is 0 Å². The van der Waals surface area contributed by atoms with E-state index in [2.05, 4.69) is 15.9 Å². The quantitative estimate of drug-likeness (QED) is 0.160. The number of amides is 3. The first kappa shape index (κ1) is 25.7. The number of non-ortho nitro benzene ring substituents is 2. The third kappa shape index (κ3) is 4.61. The summed E-state index contributed by atoms with van der Waals surface area (Å²) in [5, 5.41) is 24.0. The van der Waals surface area contributed by atoms with Gasteiger partial charge in [0.2, 0.25) is 0 Å². The van der Waals surface area contributed by atoms with Crippen LogP contribution in [0.1, 0.15) is 31.1 Å². The highest BCUT2D eigenvalue weighted by molar-refractivity contribution is 9.10. The molecule has 0 bridgehead atoms. The number of para-hydroxylation sites is 1. The van der Waals surface area contributed by atoms with Crippen LogP contribution in [0.3, 0.4) is 0 Å². The lowest BCUT2D eigenvalue weighted by Crippen LogP contribution is -2.46. The first-order valence-corrected chi connectivity index (χ1v) is 12.3. The van der Waals surface area contributed by atoms with E-state index in [0.717, 1.165) is 33.0 Å². The predicted octanol–water partition coefficient (Wildman–Crippen LogP) is 5.36. The Labute approximate surface area is 228 Å². The minimum Gasteiger partial charge on any atom is -0.307 e. The van der Waals surface area contributed by atoms with Crippen molar-refractivity contribution >= 4 is 61.5 Å². The highest BCUT2D eigenvalue weighted by Gasteiger charge is 2.34. The van der Waals surface area contributed by atoms with Crippen LogP contribution in [0.15, 0.2) is 83.3 Å². The molecule has 0 saturated heterocycles. The predicted molar refractivity (Wildman–Crippen MR) is 145 cm³/mol. The Morgan fingerprint density at radius 3 is 2.05 bits per heavy atom. The van der Waals surface area contributed by atoms with Crippen LogP contribution < -0.4 is 4.90 Å². The molecule has 0 aromatic heterocycles. The second kappa shape index (κ2) is 10.1. The maximum absolute atomic E-state index is 13.6. The van der Waals surface area contributed by atoms with Gasteiger partial charge in [0.15, 0.2) is 0 Å². The van der Waals surface area contributed by atoms with Crippen LogP contribution in [0.2, 0.25) is 0 Å². The molecule has 11 nitrogen and oxygen atoms in total. The molecule has 5 rings (SSSR count). The average molecular weight is 589 g/mol. The average Bonchev–Trinajstić information content (AvgIpc) is 2.94. The summed E-state index contributed by atoms with van der Waals surface area (Å²) >= 11 is 3.45. The highest BCUT2D eigenvalue weighted by atomic mass is 79.9. The van der Waals surface area contributed by atoms with Crippen LogP contribution in [-0.2, 0) is 0 Å². The summed E-state index contributed by atoms with van der Waals surface area (Å²) in [6, 6.07) is 19.4. The normalized spacial score (nSPS) is 12.5. The lowest BCUT2D eigenvalue weighted by Gasteiger charge is -2.30. The van der Waals surface area contributed by atoms with Crippen LogP contribution in [-0.4, -0.2) is 45.6 Å². The Balaban J connectivity index is 1.51. The van der Waals surface area contributed by atoms with Crippen LogP contribution in [0.5, 0.6) is 0 Å². The molecule has 0 aliphatic carbocycles. The van der Waals surface area contributed by atoms with Crippen LogP contribution in [0.4, 0.5) is 17.1 Å². The largest absolute Gasteiger partial charge is 0.307 e. The summed E-state index contributed by atoms with van der Waals surface area (Å²) in [5.74, 6) is -1.82. The van der Waals surface area contributed by atoms with E-state index in [1.165, 1.54) is 4.90 Å². The Hall–Kier alpha value is -4.97. The number of hydrogen-bond acceptors (Lipinski definition) is 7. The molecule has 0 atom stereocenters. The van der Waals surface area contributed by atoms with Crippen molar-refractivity contribution in [3.05, 3.63) is 120 Å². The number of carbonyl (C=O) groups excluding carboxylic acids is 3. The highest BCUT2D eigenvalue weighted by Crippen LogP contribution is 2.34. The van der Waals surface area contributed by atoms with Gasteiger partial charge < -0.3 is 4.90 Å². The Morgan fingerprint density at radius 2 is 1.44 bits per heavy atom. The second-order valence-electron chi connectivity index (χ2n) is 8.63. The molecule has 4 aromatic carbocycles. The summed E-state index contributed by atoms with van der Waals surface area (Å²) in [7, 11) is 0. The van der Waals surface area contributed by atoms with Crippen molar-refractivity contribution in [2.75, 3.05) is 18.0 Å². The number of benzene rings is 4. The van der Waals surface area contributed by atoms with Gasteiger partial charge in [0.05, 0.1) is 21.5 Å². The second-order valence-corrected chi connectivity index (χ2v) is 9.48. The lowest BCUT2D eigenvalue weighted by molar-refractivity contribution is -0.394. The van der Waals surface area contributed by atoms with Gasteiger partial charge in [0.1, 0.15) is 0 Å². The zero-order valence-corrected chi connectivity index (χ0v) is 21.5. The summed E-state index contributed by atoms with van der Waals surface area (Å²) < 4.78 is 0.740. The molecule has 12 heteroatoms. The van der Waals surface area contributed by atoms with E-state index in [0.29, 0.717) is 22.2 Å². The molecule has 1 aliphatic rings. The fraction of sp³-hybridized carbons (Fsp3) is 0.0741. The molecular weight excluding hydrogens is 572 g/mol. The zero-order chi connectivity index (χ0) is 27.8. The van der Waals surface area contributed by atoms with Gasteiger partial charge in [-0.2, -0.15) is 0 Å². The monoisotopic (exact) mass is 588 g/mol. The van der Waals surface area contributed by atoms with E-state index in [1.807, 2.05) is 0 Å². The summed E-state index contributed by atoms with van der Waals surface area (Å²) in [6.07, 6.45) is 0. The molecule has 0 fully saturated rings. The topological polar surface area (TPSA) is 144 Å². The van der Waals surface area contributed by atoms with Crippen molar-refractivity contribution in [2.24, 2.45) is 0 Å². The smallest absolute Gasteiger partial charge is 0.277 e. The molecule has 0 N–H and O–H groups in total. The number of imide groups is 1. The molecule has 0 spiro atoms. The third-order valence-corrected chi connectivity index (χ3v) is 7.06. The van der Waals surface area contributed by atoms with Crippen molar-refractivity contribution in [1.82, 2.24) is 4.90 Å². The summed E-state index contributed by atoms with van der Waals surface area (Å²) in [4.78, 5) is 63.7. The van der Waals surface area contributed by atoms with E-state index in [9.17, 15) is 34.6 Å². The molecule has 0 radical (unpaired) electrons. The Morgan fingerprint density at radius 1 is 0.821 bits per heavy atom. The van der Waals surface area contributed by atoms with E-state index in [-0.39, 0.29) is 18.7 Å². The Bertz CT molecular complexity index is 1650. The van der Waals surface area contributed by atoms with Crippen LogP contribution in [0.25, 0.3) is 10.8 Å². The van der Waals surface area contributed by atoms with Gasteiger partial charge in [-0.05, 0) is 35.7 Å². The fourth-order valence-corrected chi connectivity index (χ4v) is 5.02. The van der Waals surface area contributed by atoms with Crippen LogP contribution >= 0.6 is 15.9 Å². The lowest BCUT2D eigenvalue weighted by atomic mass is 9.94. The number of carbonyl (C=O) groups is 3. The number of nitrogens with zero attached hydrogens (tertiary/aromatic N) is 4. The number of rotatable bonds is 7. The van der Waals surface area contributed by atoms with E-state index >= 15 is 0 Å². The summed E-state index contributed by atoms with van der Waals surface area (Å²) in [6.45, 7) is -0.361. The standard InChI is InChI=1S/C27H17BrN4O7/c28-23-10-9-22-24-20(23)7-4-8-21(24)26(34)30(27(22)35)12-11-29(17-5-2-1-3-6-17)25(33)16-13-18(31(36)37)15-19(14-16)32(38)39/h1-10,13-15H,11-12H2. The first-order chi connectivity index (χ1) is 18.7. The van der Waals surface area contributed by atoms with Gasteiger partial charge in [-0.15, -0.1) is 0 Å². The molecular formula is C27H17BrN4O7. The van der Waals surface area contributed by atoms with Gasteiger partial charge in [-0.3, -0.25) is 39.5 Å². The zero-order valence-electron chi connectivity index (χ0n) is 19.9. The van der Waals surface area contributed by atoms with Crippen molar-refractivity contribution in [1.29, 1.82) is 0 Å². The number of anilines is 1. The SMILES string of the molecule is O=C1c2cccc3c(Br)ccc(c23)C(=O)N1CCN(C(=O)c1cc([N+](=O)[O-])cc([N+](=O)[O-])c1)c1ccccc1.